The molecular weight excluding hydrogens is 172 g/mol. The number of carbonyl (C=O) groups excluding carboxylic acids is 1. The molecule has 0 aromatic heterocycles. The molecular formula is C8H14N2OS. The molecule has 0 aliphatic carbocycles. The van der Waals surface area contributed by atoms with E-state index in [2.05, 4.69) is 5.43 Å². The van der Waals surface area contributed by atoms with Gasteiger partial charge in [-0.25, -0.2) is 5.43 Å². The van der Waals surface area contributed by atoms with Crippen molar-refractivity contribution in [2.75, 3.05) is 24.6 Å². The quantitative estimate of drug-likeness (QED) is 0.646. The van der Waals surface area contributed by atoms with Crippen molar-refractivity contribution in [2.45, 2.75) is 12.8 Å². The fourth-order valence-corrected chi connectivity index (χ4v) is 2.88. The summed E-state index contributed by atoms with van der Waals surface area (Å²) < 4.78 is 0. The summed E-state index contributed by atoms with van der Waals surface area (Å²) in [6.45, 7) is 1.87. The monoisotopic (exact) mass is 186 g/mol. The van der Waals surface area contributed by atoms with Gasteiger partial charge in [-0.05, 0) is 18.6 Å². The van der Waals surface area contributed by atoms with Crippen LogP contribution in [0.4, 0.5) is 0 Å². The van der Waals surface area contributed by atoms with Crippen LogP contribution in [0.15, 0.2) is 0 Å². The minimum Gasteiger partial charge on any atom is -0.278 e. The molecule has 0 radical (unpaired) electrons. The lowest BCUT2D eigenvalue weighted by molar-refractivity contribution is -0.136. The molecule has 12 heavy (non-hydrogen) atoms. The van der Waals surface area contributed by atoms with Crippen LogP contribution >= 0.6 is 11.8 Å². The van der Waals surface area contributed by atoms with Crippen LogP contribution in [0.5, 0.6) is 0 Å². The van der Waals surface area contributed by atoms with Gasteiger partial charge in [0.25, 0.3) is 0 Å². The third-order valence-electron chi connectivity index (χ3n) is 2.41. The molecule has 2 aliphatic heterocycles. The van der Waals surface area contributed by atoms with Gasteiger partial charge in [-0.15, -0.1) is 0 Å². The van der Waals surface area contributed by atoms with Gasteiger partial charge in [0, 0.05) is 24.8 Å². The lowest BCUT2D eigenvalue weighted by atomic mass is 10.1. The van der Waals surface area contributed by atoms with Crippen molar-refractivity contribution < 1.29 is 4.79 Å². The summed E-state index contributed by atoms with van der Waals surface area (Å²) in [5.41, 5.74) is 3.11. The predicted octanol–water partition coefficient (Wildman–Crippen LogP) is 0.476. The fraction of sp³-hybridized carbons (Fsp3) is 0.875. The molecule has 0 aromatic rings. The topological polar surface area (TPSA) is 32.3 Å². The first-order valence-corrected chi connectivity index (χ1v) is 5.66. The molecule has 1 atom stereocenters. The van der Waals surface area contributed by atoms with Crippen LogP contribution in [0.2, 0.25) is 0 Å². The summed E-state index contributed by atoms with van der Waals surface area (Å²) in [5.74, 6) is 2.79. The summed E-state index contributed by atoms with van der Waals surface area (Å²) in [6.07, 6.45) is 2.17. The normalized spacial score (nSPS) is 29.7. The van der Waals surface area contributed by atoms with E-state index in [0.29, 0.717) is 11.8 Å². The van der Waals surface area contributed by atoms with Gasteiger partial charge in [-0.2, -0.15) is 11.8 Å². The van der Waals surface area contributed by atoms with E-state index in [-0.39, 0.29) is 0 Å². The van der Waals surface area contributed by atoms with Crippen molar-refractivity contribution in [3.63, 3.8) is 0 Å². The van der Waals surface area contributed by atoms with Crippen molar-refractivity contribution in [1.29, 1.82) is 0 Å². The number of nitrogens with one attached hydrogen (secondary N) is 1. The Balaban J connectivity index is 1.89. The summed E-state index contributed by atoms with van der Waals surface area (Å²) in [4.78, 5) is 11.7. The maximum atomic E-state index is 11.7. The number of rotatable bonds is 1. The number of nitrogens with zero attached hydrogens (tertiary/aromatic N) is 1. The van der Waals surface area contributed by atoms with Crippen LogP contribution in [0.25, 0.3) is 0 Å². The smallest absolute Gasteiger partial charge is 0.240 e. The third-order valence-corrected chi connectivity index (χ3v) is 3.57. The highest BCUT2D eigenvalue weighted by molar-refractivity contribution is 7.99. The van der Waals surface area contributed by atoms with E-state index in [1.807, 2.05) is 11.8 Å². The van der Waals surface area contributed by atoms with Gasteiger partial charge in [0.05, 0.1) is 0 Å². The first-order chi connectivity index (χ1) is 5.88. The molecule has 1 N–H and O–H groups in total. The minimum atomic E-state index is 0.292. The molecule has 2 aliphatic rings. The molecule has 2 fully saturated rings. The number of amides is 1. The Morgan fingerprint density at radius 1 is 1.58 bits per heavy atom. The molecule has 4 heteroatoms. The Bertz CT molecular complexity index is 156. The van der Waals surface area contributed by atoms with E-state index < -0.39 is 0 Å². The second-order valence-corrected chi connectivity index (χ2v) is 4.46. The van der Waals surface area contributed by atoms with Crippen LogP contribution in [0.1, 0.15) is 12.8 Å². The average Bonchev–Trinajstić information content (AvgIpc) is 2.77. The molecule has 2 rings (SSSR count). The molecule has 2 saturated heterocycles. The Morgan fingerprint density at radius 3 is 3.08 bits per heavy atom. The average molecular weight is 186 g/mol. The molecule has 68 valence electrons. The van der Waals surface area contributed by atoms with Crippen molar-refractivity contribution in [1.82, 2.24) is 10.4 Å². The molecule has 0 saturated carbocycles. The number of hydrogen-bond acceptors (Lipinski definition) is 3. The Morgan fingerprint density at radius 2 is 2.50 bits per heavy atom. The van der Waals surface area contributed by atoms with Gasteiger partial charge < -0.3 is 0 Å². The predicted molar refractivity (Wildman–Crippen MR) is 49.8 cm³/mol. The van der Waals surface area contributed by atoms with E-state index in [4.69, 9.17) is 0 Å². The Hall–Kier alpha value is -0.220. The lowest BCUT2D eigenvalue weighted by Gasteiger charge is -2.18. The second kappa shape index (κ2) is 3.66. The van der Waals surface area contributed by atoms with Gasteiger partial charge in [0.2, 0.25) is 5.91 Å². The van der Waals surface area contributed by atoms with Crippen molar-refractivity contribution in [2.24, 2.45) is 5.92 Å². The van der Waals surface area contributed by atoms with E-state index in [0.717, 1.165) is 37.4 Å². The molecule has 0 aromatic carbocycles. The standard InChI is InChI=1S/C8H14N2OS/c11-8(7-2-5-12-6-7)10-4-1-3-9-10/h7,9H,1-6H2. The van der Waals surface area contributed by atoms with Crippen molar-refractivity contribution in [3.8, 4) is 0 Å². The minimum absolute atomic E-state index is 0.292. The zero-order valence-corrected chi connectivity index (χ0v) is 7.90. The van der Waals surface area contributed by atoms with Gasteiger partial charge in [0.15, 0.2) is 0 Å². The van der Waals surface area contributed by atoms with Crippen LogP contribution < -0.4 is 5.43 Å². The van der Waals surface area contributed by atoms with Crippen LogP contribution in [0, 0.1) is 5.92 Å². The van der Waals surface area contributed by atoms with Crippen LogP contribution in [-0.2, 0) is 4.79 Å². The van der Waals surface area contributed by atoms with Crippen molar-refractivity contribution in [3.05, 3.63) is 0 Å². The zero-order chi connectivity index (χ0) is 8.39. The summed E-state index contributed by atoms with van der Waals surface area (Å²) in [5, 5.41) is 1.80. The molecule has 3 nitrogen and oxygen atoms in total. The number of hydrazine groups is 1. The van der Waals surface area contributed by atoms with E-state index >= 15 is 0 Å². The summed E-state index contributed by atoms with van der Waals surface area (Å²) in [6, 6.07) is 0. The highest BCUT2D eigenvalue weighted by Gasteiger charge is 2.28. The van der Waals surface area contributed by atoms with E-state index in [1.165, 1.54) is 0 Å². The fourth-order valence-electron chi connectivity index (χ4n) is 1.67. The molecule has 0 spiro atoms. The van der Waals surface area contributed by atoms with E-state index in [9.17, 15) is 4.79 Å². The maximum Gasteiger partial charge on any atom is 0.240 e. The third kappa shape index (κ3) is 1.59. The molecule has 1 amide bonds. The highest BCUT2D eigenvalue weighted by atomic mass is 32.2. The molecule has 2 heterocycles. The largest absolute Gasteiger partial charge is 0.278 e. The number of thioether (sulfide) groups is 1. The lowest BCUT2D eigenvalue weighted by Crippen LogP contribution is -2.40. The van der Waals surface area contributed by atoms with Gasteiger partial charge in [0.1, 0.15) is 0 Å². The van der Waals surface area contributed by atoms with E-state index in [1.54, 1.807) is 5.01 Å². The SMILES string of the molecule is O=C(C1CCSC1)N1CCCN1. The summed E-state index contributed by atoms with van der Waals surface area (Å²) >= 11 is 1.89. The van der Waals surface area contributed by atoms with Gasteiger partial charge >= 0.3 is 0 Å². The molecule has 0 bridgehead atoms. The van der Waals surface area contributed by atoms with Gasteiger partial charge in [-0.1, -0.05) is 0 Å². The first-order valence-electron chi connectivity index (χ1n) is 4.50. The number of carbonyl (C=O) groups is 1. The first kappa shape index (κ1) is 8.38. The number of hydrogen-bond donors (Lipinski definition) is 1. The van der Waals surface area contributed by atoms with Crippen LogP contribution in [-0.4, -0.2) is 35.5 Å². The highest BCUT2D eigenvalue weighted by Crippen LogP contribution is 2.25. The zero-order valence-electron chi connectivity index (χ0n) is 7.08. The van der Waals surface area contributed by atoms with Crippen molar-refractivity contribution >= 4 is 17.7 Å². The van der Waals surface area contributed by atoms with Crippen LogP contribution in [0.3, 0.4) is 0 Å². The Labute approximate surface area is 76.8 Å². The summed E-state index contributed by atoms with van der Waals surface area (Å²) in [7, 11) is 0. The maximum absolute atomic E-state index is 11.7. The second-order valence-electron chi connectivity index (χ2n) is 3.31. The Kier molecular flexibility index (Phi) is 2.56. The molecule has 1 unspecified atom stereocenters. The van der Waals surface area contributed by atoms with Gasteiger partial charge in [-0.3, -0.25) is 9.80 Å².